The number of benzene rings is 2. The first kappa shape index (κ1) is 17.5. The summed E-state index contributed by atoms with van der Waals surface area (Å²) < 4.78 is 70.5. The van der Waals surface area contributed by atoms with E-state index >= 15 is 0 Å². The molecular formula is C15H10F5NO3. The average molecular weight is 347 g/mol. The lowest BCUT2D eigenvalue weighted by Crippen LogP contribution is -2.15. The molecule has 24 heavy (non-hydrogen) atoms. The molecule has 4 nitrogen and oxygen atoms in total. The third-order valence-electron chi connectivity index (χ3n) is 2.75. The molecule has 1 amide bonds. The number of carbonyl (C=O) groups is 1. The molecule has 0 saturated carbocycles. The summed E-state index contributed by atoms with van der Waals surface area (Å²) in [7, 11) is 0. The molecule has 0 aliphatic rings. The van der Waals surface area contributed by atoms with Gasteiger partial charge in [0.15, 0.2) is 11.6 Å². The fourth-order valence-electron chi connectivity index (χ4n) is 1.82. The summed E-state index contributed by atoms with van der Waals surface area (Å²) in [6.07, 6.45) is 0. The second-order valence-electron chi connectivity index (χ2n) is 4.35. The first-order chi connectivity index (χ1) is 11.4. The number of carbonyl (C=O) groups excluding carboxylic acids is 1. The van der Waals surface area contributed by atoms with Gasteiger partial charge in [-0.25, -0.2) is 4.39 Å². The molecule has 1 N–H and O–H groups in total. The van der Waals surface area contributed by atoms with Gasteiger partial charge in [-0.15, -0.1) is 0 Å². The van der Waals surface area contributed by atoms with Gasteiger partial charge in [-0.1, -0.05) is 12.1 Å². The number of para-hydroxylation sites is 1. The number of alkyl halides is 4. The molecule has 2 aromatic rings. The van der Waals surface area contributed by atoms with Gasteiger partial charge in [-0.3, -0.25) is 4.79 Å². The van der Waals surface area contributed by atoms with Crippen molar-refractivity contribution < 1.29 is 36.2 Å². The van der Waals surface area contributed by atoms with Crippen LogP contribution in [0.2, 0.25) is 0 Å². The molecule has 0 spiro atoms. The number of nitrogens with one attached hydrogen (secondary N) is 1. The Morgan fingerprint density at radius 2 is 1.54 bits per heavy atom. The molecule has 0 unspecified atom stereocenters. The number of hydrogen-bond donors (Lipinski definition) is 1. The van der Waals surface area contributed by atoms with Crippen LogP contribution < -0.4 is 14.8 Å². The molecule has 0 saturated heterocycles. The van der Waals surface area contributed by atoms with Crippen LogP contribution in [0.25, 0.3) is 0 Å². The van der Waals surface area contributed by atoms with Crippen molar-refractivity contribution in [3.8, 4) is 11.5 Å². The number of halogens is 5. The van der Waals surface area contributed by atoms with Gasteiger partial charge in [0.2, 0.25) is 0 Å². The Kier molecular flexibility index (Phi) is 5.56. The zero-order valence-electron chi connectivity index (χ0n) is 11.8. The van der Waals surface area contributed by atoms with Crippen LogP contribution in [0.15, 0.2) is 42.5 Å². The van der Waals surface area contributed by atoms with E-state index in [9.17, 15) is 26.7 Å². The Labute approximate surface area is 132 Å². The highest BCUT2D eigenvalue weighted by molar-refractivity contribution is 6.06. The molecule has 2 aromatic carbocycles. The first-order valence-electron chi connectivity index (χ1n) is 6.46. The maximum absolute atomic E-state index is 13.6. The van der Waals surface area contributed by atoms with E-state index in [1.165, 1.54) is 24.3 Å². The summed E-state index contributed by atoms with van der Waals surface area (Å²) in [4.78, 5) is 12.1. The van der Waals surface area contributed by atoms with E-state index in [1.807, 2.05) is 0 Å². The Morgan fingerprint density at radius 3 is 2.17 bits per heavy atom. The van der Waals surface area contributed by atoms with Crippen molar-refractivity contribution >= 4 is 11.6 Å². The molecule has 0 bridgehead atoms. The quantitative estimate of drug-likeness (QED) is 0.794. The van der Waals surface area contributed by atoms with E-state index in [2.05, 4.69) is 14.8 Å². The van der Waals surface area contributed by atoms with E-state index < -0.39 is 30.7 Å². The number of ether oxygens (including phenoxy) is 2. The predicted octanol–water partition coefficient (Wildman–Crippen LogP) is 4.28. The van der Waals surface area contributed by atoms with Crippen molar-refractivity contribution in [1.82, 2.24) is 0 Å². The number of hydrogen-bond acceptors (Lipinski definition) is 3. The molecule has 0 radical (unpaired) electrons. The third-order valence-corrected chi connectivity index (χ3v) is 2.75. The monoisotopic (exact) mass is 347 g/mol. The van der Waals surface area contributed by atoms with Crippen LogP contribution in [0.4, 0.5) is 27.6 Å². The van der Waals surface area contributed by atoms with E-state index in [-0.39, 0.29) is 17.0 Å². The molecule has 0 aliphatic heterocycles. The minimum atomic E-state index is -3.20. The van der Waals surface area contributed by atoms with Crippen molar-refractivity contribution in [3.05, 3.63) is 53.8 Å². The van der Waals surface area contributed by atoms with Crippen molar-refractivity contribution in [2.75, 3.05) is 5.32 Å². The van der Waals surface area contributed by atoms with Crippen LogP contribution in [-0.2, 0) is 0 Å². The summed E-state index contributed by atoms with van der Waals surface area (Å²) in [5, 5.41) is 2.25. The Morgan fingerprint density at radius 1 is 0.917 bits per heavy atom. The summed E-state index contributed by atoms with van der Waals surface area (Å²) in [6.45, 7) is -6.32. The highest BCUT2D eigenvalue weighted by atomic mass is 19.3. The van der Waals surface area contributed by atoms with Gasteiger partial charge in [-0.2, -0.15) is 17.6 Å². The topological polar surface area (TPSA) is 47.6 Å². The highest BCUT2D eigenvalue weighted by Crippen LogP contribution is 2.25. The normalized spacial score (nSPS) is 10.8. The fourth-order valence-corrected chi connectivity index (χ4v) is 1.82. The van der Waals surface area contributed by atoms with Crippen molar-refractivity contribution in [2.24, 2.45) is 0 Å². The molecule has 0 heterocycles. The lowest BCUT2D eigenvalue weighted by Gasteiger charge is -2.12. The molecule has 128 valence electrons. The lowest BCUT2D eigenvalue weighted by molar-refractivity contribution is -0.0523. The Balaban J connectivity index is 2.17. The van der Waals surface area contributed by atoms with Crippen LogP contribution >= 0.6 is 0 Å². The number of amides is 1. The Bertz CT molecular complexity index is 724. The van der Waals surface area contributed by atoms with Crippen molar-refractivity contribution in [3.63, 3.8) is 0 Å². The summed E-state index contributed by atoms with van der Waals surface area (Å²) in [5.74, 6) is -3.01. The largest absolute Gasteiger partial charge is 0.434 e. The van der Waals surface area contributed by atoms with Crippen molar-refractivity contribution in [2.45, 2.75) is 13.2 Å². The van der Waals surface area contributed by atoms with Crippen LogP contribution in [0.3, 0.4) is 0 Å². The van der Waals surface area contributed by atoms with Crippen LogP contribution in [-0.4, -0.2) is 19.1 Å². The summed E-state index contributed by atoms with van der Waals surface area (Å²) in [6, 6.07) is 8.00. The van der Waals surface area contributed by atoms with Gasteiger partial charge in [0.25, 0.3) is 5.91 Å². The van der Waals surface area contributed by atoms with Gasteiger partial charge in [0, 0.05) is 11.8 Å². The maximum atomic E-state index is 13.6. The van der Waals surface area contributed by atoms with Crippen LogP contribution in [0, 0.1) is 5.82 Å². The van der Waals surface area contributed by atoms with Crippen LogP contribution in [0.1, 0.15) is 10.4 Å². The minimum absolute atomic E-state index is 0.0778. The molecular weight excluding hydrogens is 337 g/mol. The minimum Gasteiger partial charge on any atom is -0.434 e. The maximum Gasteiger partial charge on any atom is 0.387 e. The van der Waals surface area contributed by atoms with Gasteiger partial charge < -0.3 is 14.8 Å². The second-order valence-corrected chi connectivity index (χ2v) is 4.35. The summed E-state index contributed by atoms with van der Waals surface area (Å²) >= 11 is 0. The summed E-state index contributed by atoms with van der Waals surface area (Å²) in [5.41, 5.74) is -0.280. The molecule has 2 rings (SSSR count). The van der Waals surface area contributed by atoms with E-state index in [1.54, 1.807) is 0 Å². The standard InChI is InChI=1S/C15H10F5NO3/c16-10-7-8(5-6-12(10)24-15(19)20)21-13(22)9-3-1-2-4-11(9)23-14(17)18/h1-7,14-15H,(H,21,22). The van der Waals surface area contributed by atoms with E-state index in [4.69, 9.17) is 0 Å². The van der Waals surface area contributed by atoms with Gasteiger partial charge in [0.1, 0.15) is 5.75 Å². The molecule has 0 atom stereocenters. The lowest BCUT2D eigenvalue weighted by atomic mass is 10.2. The number of anilines is 1. The zero-order chi connectivity index (χ0) is 17.7. The van der Waals surface area contributed by atoms with Crippen LogP contribution in [0.5, 0.6) is 11.5 Å². The van der Waals surface area contributed by atoms with Gasteiger partial charge in [0.05, 0.1) is 5.56 Å². The SMILES string of the molecule is O=C(Nc1ccc(OC(F)F)c(F)c1)c1ccccc1OC(F)F. The smallest absolute Gasteiger partial charge is 0.387 e. The Hall–Kier alpha value is -2.84. The zero-order valence-corrected chi connectivity index (χ0v) is 11.8. The second kappa shape index (κ2) is 7.62. The van der Waals surface area contributed by atoms with E-state index in [0.29, 0.717) is 0 Å². The molecule has 0 aromatic heterocycles. The predicted molar refractivity (Wildman–Crippen MR) is 74.1 cm³/mol. The molecule has 0 fully saturated rings. The fraction of sp³-hybridized carbons (Fsp3) is 0.133. The highest BCUT2D eigenvalue weighted by Gasteiger charge is 2.16. The van der Waals surface area contributed by atoms with Crippen molar-refractivity contribution in [1.29, 1.82) is 0 Å². The third kappa shape index (κ3) is 4.58. The first-order valence-corrected chi connectivity index (χ1v) is 6.46. The molecule has 9 heteroatoms. The molecule has 0 aliphatic carbocycles. The van der Waals surface area contributed by atoms with E-state index in [0.717, 1.165) is 18.2 Å². The number of rotatable bonds is 6. The average Bonchev–Trinajstić information content (AvgIpc) is 2.49. The van der Waals surface area contributed by atoms with Gasteiger partial charge in [-0.05, 0) is 24.3 Å². The van der Waals surface area contributed by atoms with Gasteiger partial charge >= 0.3 is 13.2 Å².